The molecule has 0 radical (unpaired) electrons. The third kappa shape index (κ3) is 3.92. The molecule has 2 saturated carbocycles. The molecule has 144 valence electrons. The van der Waals surface area contributed by atoms with Crippen LogP contribution in [0.4, 0.5) is 0 Å². The number of methoxy groups -OCH3 is 3. The van der Waals surface area contributed by atoms with Crippen molar-refractivity contribution in [2.45, 2.75) is 69.9 Å². The maximum atomic E-state index is 13.3. The number of carbonyl (C=O) groups is 1. The number of benzene rings is 1. The molecule has 2 fully saturated rings. The highest BCUT2D eigenvalue weighted by atomic mass is 16.5. The van der Waals surface area contributed by atoms with Crippen LogP contribution in [0, 0.1) is 0 Å². The van der Waals surface area contributed by atoms with E-state index in [-0.39, 0.29) is 5.91 Å². The number of rotatable bonds is 7. The summed E-state index contributed by atoms with van der Waals surface area (Å²) in [5.41, 5.74) is 0.908. The lowest BCUT2D eigenvalue weighted by Gasteiger charge is -2.35. The minimum Gasteiger partial charge on any atom is -0.493 e. The number of ether oxygens (including phenoxy) is 3. The molecule has 0 heterocycles. The van der Waals surface area contributed by atoms with Gasteiger partial charge in [-0.15, -0.1) is 0 Å². The van der Waals surface area contributed by atoms with Crippen LogP contribution < -0.4 is 14.2 Å². The second kappa shape index (κ2) is 8.65. The largest absolute Gasteiger partial charge is 0.493 e. The summed E-state index contributed by atoms with van der Waals surface area (Å²) in [6.45, 7) is 0. The quantitative estimate of drug-likeness (QED) is 0.737. The van der Waals surface area contributed by atoms with Gasteiger partial charge in [0.25, 0.3) is 0 Å². The molecule has 1 aromatic carbocycles. The maximum Gasteiger partial charge on any atom is 0.227 e. The van der Waals surface area contributed by atoms with Crippen molar-refractivity contribution in [3.8, 4) is 17.2 Å². The average Bonchev–Trinajstić information content (AvgIpc) is 3.35. The van der Waals surface area contributed by atoms with Crippen LogP contribution in [0.25, 0.3) is 0 Å². The lowest BCUT2D eigenvalue weighted by molar-refractivity contribution is -0.135. The lowest BCUT2D eigenvalue weighted by Crippen LogP contribution is -2.45. The van der Waals surface area contributed by atoms with E-state index in [0.717, 1.165) is 31.2 Å². The normalized spacial score (nSPS) is 18.1. The zero-order valence-electron chi connectivity index (χ0n) is 16.3. The molecule has 5 nitrogen and oxygen atoms in total. The first-order valence-corrected chi connectivity index (χ1v) is 9.78. The molecule has 0 saturated heterocycles. The van der Waals surface area contributed by atoms with Crippen molar-refractivity contribution in [2.75, 3.05) is 21.3 Å². The molecule has 1 aromatic rings. The SMILES string of the molecule is COc1cc(CC(=O)N(C2CCCC2)C2CCCC2)cc(OC)c1OC. The van der Waals surface area contributed by atoms with Gasteiger partial charge in [-0.3, -0.25) is 4.79 Å². The second-order valence-corrected chi connectivity index (χ2v) is 7.39. The highest BCUT2D eigenvalue weighted by Gasteiger charge is 2.34. The van der Waals surface area contributed by atoms with Gasteiger partial charge in [-0.25, -0.2) is 0 Å². The highest BCUT2D eigenvalue weighted by molar-refractivity contribution is 5.80. The molecular weight excluding hydrogens is 330 g/mol. The Balaban J connectivity index is 1.82. The van der Waals surface area contributed by atoms with Crippen LogP contribution in [0.5, 0.6) is 17.2 Å². The second-order valence-electron chi connectivity index (χ2n) is 7.39. The summed E-state index contributed by atoms with van der Waals surface area (Å²) in [6, 6.07) is 4.63. The van der Waals surface area contributed by atoms with Gasteiger partial charge in [-0.1, -0.05) is 25.7 Å². The first kappa shape index (κ1) is 18.9. The smallest absolute Gasteiger partial charge is 0.227 e. The van der Waals surface area contributed by atoms with E-state index >= 15 is 0 Å². The summed E-state index contributed by atoms with van der Waals surface area (Å²) in [7, 11) is 4.80. The van der Waals surface area contributed by atoms with E-state index in [1.807, 2.05) is 12.1 Å². The Hall–Kier alpha value is -1.91. The molecule has 3 rings (SSSR count). The van der Waals surface area contributed by atoms with Gasteiger partial charge < -0.3 is 19.1 Å². The predicted molar refractivity (Wildman–Crippen MR) is 101 cm³/mol. The van der Waals surface area contributed by atoms with E-state index in [2.05, 4.69) is 4.90 Å². The monoisotopic (exact) mass is 361 g/mol. The molecule has 2 aliphatic rings. The van der Waals surface area contributed by atoms with Crippen LogP contribution in [0.15, 0.2) is 12.1 Å². The Bertz CT molecular complexity index is 577. The molecule has 1 amide bonds. The molecular formula is C21H31NO4. The molecule has 26 heavy (non-hydrogen) atoms. The van der Waals surface area contributed by atoms with Crippen molar-refractivity contribution < 1.29 is 19.0 Å². The summed E-state index contributed by atoms with van der Waals surface area (Å²) in [4.78, 5) is 15.5. The summed E-state index contributed by atoms with van der Waals surface area (Å²) in [5.74, 6) is 2.00. The van der Waals surface area contributed by atoms with Crippen LogP contribution in [0.1, 0.15) is 56.9 Å². The summed E-state index contributed by atoms with van der Waals surface area (Å²) in [6.07, 6.45) is 9.95. The molecule has 0 unspecified atom stereocenters. The third-order valence-corrected chi connectivity index (χ3v) is 5.80. The van der Waals surface area contributed by atoms with Crippen molar-refractivity contribution in [3.63, 3.8) is 0 Å². The first-order chi connectivity index (χ1) is 12.7. The van der Waals surface area contributed by atoms with Crippen LogP contribution in [0.3, 0.4) is 0 Å². The molecule has 5 heteroatoms. The van der Waals surface area contributed by atoms with Gasteiger partial charge in [0.05, 0.1) is 27.8 Å². The van der Waals surface area contributed by atoms with Gasteiger partial charge in [0.1, 0.15) is 0 Å². The van der Waals surface area contributed by atoms with Gasteiger partial charge in [0, 0.05) is 12.1 Å². The van der Waals surface area contributed by atoms with Crippen molar-refractivity contribution in [1.29, 1.82) is 0 Å². The molecule has 0 N–H and O–H groups in total. The molecule has 0 spiro atoms. The Morgan fingerprint density at radius 3 is 1.73 bits per heavy atom. The molecule has 0 bridgehead atoms. The first-order valence-electron chi connectivity index (χ1n) is 9.78. The van der Waals surface area contributed by atoms with Crippen LogP contribution in [-0.4, -0.2) is 44.2 Å². The zero-order chi connectivity index (χ0) is 18.5. The van der Waals surface area contributed by atoms with E-state index in [1.165, 1.54) is 25.7 Å². The number of carbonyl (C=O) groups excluding carboxylic acids is 1. The van der Waals surface area contributed by atoms with E-state index in [4.69, 9.17) is 14.2 Å². The zero-order valence-corrected chi connectivity index (χ0v) is 16.3. The van der Waals surface area contributed by atoms with Crippen molar-refractivity contribution >= 4 is 5.91 Å². The van der Waals surface area contributed by atoms with Crippen molar-refractivity contribution in [3.05, 3.63) is 17.7 Å². The van der Waals surface area contributed by atoms with Gasteiger partial charge in [0.2, 0.25) is 11.7 Å². The van der Waals surface area contributed by atoms with Crippen molar-refractivity contribution in [2.24, 2.45) is 0 Å². The molecule has 2 aliphatic carbocycles. The third-order valence-electron chi connectivity index (χ3n) is 5.80. The van der Waals surface area contributed by atoms with Crippen molar-refractivity contribution in [1.82, 2.24) is 4.90 Å². The fourth-order valence-electron chi connectivity index (χ4n) is 4.57. The van der Waals surface area contributed by atoms with Crippen LogP contribution in [0.2, 0.25) is 0 Å². The minimum atomic E-state index is 0.234. The summed E-state index contributed by atoms with van der Waals surface area (Å²) >= 11 is 0. The predicted octanol–water partition coefficient (Wildman–Crippen LogP) is 3.97. The van der Waals surface area contributed by atoms with Gasteiger partial charge in [0.15, 0.2) is 11.5 Å². The van der Waals surface area contributed by atoms with Gasteiger partial charge >= 0.3 is 0 Å². The van der Waals surface area contributed by atoms with Gasteiger partial charge in [-0.05, 0) is 43.4 Å². The summed E-state index contributed by atoms with van der Waals surface area (Å²) < 4.78 is 16.2. The lowest BCUT2D eigenvalue weighted by atomic mass is 10.0. The Morgan fingerprint density at radius 1 is 0.885 bits per heavy atom. The number of amides is 1. The number of hydrogen-bond donors (Lipinski definition) is 0. The van der Waals surface area contributed by atoms with E-state index in [9.17, 15) is 4.79 Å². The Kier molecular flexibility index (Phi) is 6.28. The molecule has 0 atom stereocenters. The topological polar surface area (TPSA) is 48.0 Å². The van der Waals surface area contributed by atoms with E-state index < -0.39 is 0 Å². The van der Waals surface area contributed by atoms with Crippen LogP contribution >= 0.6 is 0 Å². The molecule has 0 aliphatic heterocycles. The standard InChI is InChI=1S/C21H31NO4/c1-24-18-12-15(13-19(25-2)21(18)26-3)14-20(23)22(16-8-4-5-9-16)17-10-6-7-11-17/h12-13,16-17H,4-11,14H2,1-3H3. The molecule has 0 aromatic heterocycles. The fourth-order valence-corrected chi connectivity index (χ4v) is 4.57. The maximum absolute atomic E-state index is 13.3. The van der Waals surface area contributed by atoms with E-state index in [1.54, 1.807) is 21.3 Å². The Labute approximate surface area is 156 Å². The number of nitrogens with zero attached hydrogens (tertiary/aromatic N) is 1. The van der Waals surface area contributed by atoms with E-state index in [0.29, 0.717) is 35.8 Å². The summed E-state index contributed by atoms with van der Waals surface area (Å²) in [5, 5.41) is 0. The fraction of sp³-hybridized carbons (Fsp3) is 0.667. The van der Waals surface area contributed by atoms with Crippen LogP contribution in [-0.2, 0) is 11.2 Å². The van der Waals surface area contributed by atoms with Gasteiger partial charge in [-0.2, -0.15) is 0 Å². The minimum absolute atomic E-state index is 0.234. The number of hydrogen-bond acceptors (Lipinski definition) is 4. The Morgan fingerprint density at radius 2 is 1.35 bits per heavy atom. The highest BCUT2D eigenvalue weighted by Crippen LogP contribution is 2.39. The average molecular weight is 361 g/mol.